The second-order valence-corrected chi connectivity index (χ2v) is 5.22. The van der Waals surface area contributed by atoms with Crippen LogP contribution in [0.2, 0.25) is 0 Å². The highest BCUT2D eigenvalue weighted by molar-refractivity contribution is 6.04. The van der Waals surface area contributed by atoms with Gasteiger partial charge in [0.1, 0.15) is 6.04 Å². The minimum Gasteiger partial charge on any atom is -0.480 e. The fourth-order valence-electron chi connectivity index (χ4n) is 1.91. The molecule has 1 aromatic carbocycles. The summed E-state index contributed by atoms with van der Waals surface area (Å²) in [6.45, 7) is 5.11. The molecule has 0 spiro atoms. The predicted octanol–water partition coefficient (Wildman–Crippen LogP) is 1.87. The second kappa shape index (κ2) is 7.42. The molecule has 21 heavy (non-hydrogen) atoms. The van der Waals surface area contributed by atoms with Gasteiger partial charge in [-0.05, 0) is 24.5 Å². The zero-order valence-electron chi connectivity index (χ0n) is 12.3. The molecule has 1 atom stereocenters. The van der Waals surface area contributed by atoms with Crippen molar-refractivity contribution in [1.82, 2.24) is 5.32 Å². The zero-order chi connectivity index (χ0) is 16.0. The zero-order valence-corrected chi connectivity index (χ0v) is 12.3. The van der Waals surface area contributed by atoms with Gasteiger partial charge in [0.25, 0.3) is 5.91 Å². The number of rotatable bonds is 6. The van der Waals surface area contributed by atoms with Crippen molar-refractivity contribution < 1.29 is 19.5 Å². The van der Waals surface area contributed by atoms with E-state index in [-0.39, 0.29) is 17.4 Å². The SMILES string of the molecule is CC(=O)Nc1ccccc1C(=O)N[C@H](CC(C)C)C(=O)O. The second-order valence-electron chi connectivity index (χ2n) is 5.22. The molecule has 0 aromatic heterocycles. The lowest BCUT2D eigenvalue weighted by molar-refractivity contribution is -0.139. The minimum atomic E-state index is -1.07. The van der Waals surface area contributed by atoms with Crippen molar-refractivity contribution >= 4 is 23.5 Å². The largest absolute Gasteiger partial charge is 0.480 e. The van der Waals surface area contributed by atoms with Crippen LogP contribution in [0.25, 0.3) is 0 Å². The van der Waals surface area contributed by atoms with Crippen molar-refractivity contribution in [3.05, 3.63) is 29.8 Å². The van der Waals surface area contributed by atoms with Crippen LogP contribution in [-0.4, -0.2) is 28.9 Å². The first-order valence-electron chi connectivity index (χ1n) is 6.71. The molecule has 0 saturated heterocycles. The Balaban J connectivity index is 2.92. The Labute approximate surface area is 123 Å². The Kier molecular flexibility index (Phi) is 5.90. The van der Waals surface area contributed by atoms with Gasteiger partial charge in [-0.3, -0.25) is 9.59 Å². The number of benzene rings is 1. The summed E-state index contributed by atoms with van der Waals surface area (Å²) in [7, 11) is 0. The van der Waals surface area contributed by atoms with Crippen LogP contribution in [0.3, 0.4) is 0 Å². The highest BCUT2D eigenvalue weighted by Gasteiger charge is 2.22. The van der Waals surface area contributed by atoms with E-state index in [1.807, 2.05) is 13.8 Å². The van der Waals surface area contributed by atoms with Gasteiger partial charge in [0.05, 0.1) is 11.3 Å². The number of hydrogen-bond acceptors (Lipinski definition) is 3. The first-order chi connectivity index (χ1) is 9.81. The van der Waals surface area contributed by atoms with Crippen molar-refractivity contribution in [3.63, 3.8) is 0 Å². The standard InChI is InChI=1S/C15H20N2O4/c1-9(2)8-13(15(20)21)17-14(19)11-6-4-5-7-12(11)16-10(3)18/h4-7,9,13H,8H2,1-3H3,(H,16,18)(H,17,19)(H,20,21)/t13-/m1/s1. The lowest BCUT2D eigenvalue weighted by Crippen LogP contribution is -2.41. The van der Waals surface area contributed by atoms with Crippen LogP contribution in [0.15, 0.2) is 24.3 Å². The summed E-state index contributed by atoms with van der Waals surface area (Å²) < 4.78 is 0. The monoisotopic (exact) mass is 292 g/mol. The van der Waals surface area contributed by atoms with E-state index in [1.165, 1.54) is 13.0 Å². The van der Waals surface area contributed by atoms with Crippen LogP contribution in [0.5, 0.6) is 0 Å². The van der Waals surface area contributed by atoms with Crippen LogP contribution in [0.1, 0.15) is 37.6 Å². The lowest BCUT2D eigenvalue weighted by atomic mass is 10.0. The number of carbonyl (C=O) groups is 3. The maximum absolute atomic E-state index is 12.2. The molecule has 0 aliphatic carbocycles. The van der Waals surface area contributed by atoms with E-state index < -0.39 is 17.9 Å². The van der Waals surface area contributed by atoms with Crippen LogP contribution in [-0.2, 0) is 9.59 Å². The predicted molar refractivity (Wildman–Crippen MR) is 79.1 cm³/mol. The van der Waals surface area contributed by atoms with E-state index in [2.05, 4.69) is 10.6 Å². The normalized spacial score (nSPS) is 11.8. The van der Waals surface area contributed by atoms with Crippen LogP contribution < -0.4 is 10.6 Å². The van der Waals surface area contributed by atoms with Crippen molar-refractivity contribution in [1.29, 1.82) is 0 Å². The van der Waals surface area contributed by atoms with Gasteiger partial charge in [-0.2, -0.15) is 0 Å². The molecule has 114 valence electrons. The molecule has 0 bridgehead atoms. The van der Waals surface area contributed by atoms with Gasteiger partial charge in [0.2, 0.25) is 5.91 Å². The molecule has 6 nitrogen and oxygen atoms in total. The molecule has 1 aromatic rings. The molecule has 0 unspecified atom stereocenters. The van der Waals surface area contributed by atoms with Crippen LogP contribution in [0.4, 0.5) is 5.69 Å². The van der Waals surface area contributed by atoms with Gasteiger partial charge in [-0.25, -0.2) is 4.79 Å². The maximum Gasteiger partial charge on any atom is 0.326 e. The molecule has 0 saturated carbocycles. The molecule has 1 rings (SSSR count). The molecule has 2 amide bonds. The smallest absolute Gasteiger partial charge is 0.326 e. The fraction of sp³-hybridized carbons (Fsp3) is 0.400. The maximum atomic E-state index is 12.2. The first kappa shape index (κ1) is 16.7. The highest BCUT2D eigenvalue weighted by atomic mass is 16.4. The third-order valence-electron chi connectivity index (χ3n) is 2.79. The van der Waals surface area contributed by atoms with E-state index in [9.17, 15) is 14.4 Å². The molecule has 0 fully saturated rings. The molecule has 6 heteroatoms. The molecule has 0 heterocycles. The number of carbonyl (C=O) groups excluding carboxylic acids is 2. The van der Waals surface area contributed by atoms with Gasteiger partial charge >= 0.3 is 5.97 Å². The summed E-state index contributed by atoms with van der Waals surface area (Å²) in [6, 6.07) is 5.51. The highest BCUT2D eigenvalue weighted by Crippen LogP contribution is 2.15. The number of nitrogens with one attached hydrogen (secondary N) is 2. The van der Waals surface area contributed by atoms with Gasteiger partial charge in [0, 0.05) is 6.92 Å². The number of anilines is 1. The number of para-hydroxylation sites is 1. The quantitative estimate of drug-likeness (QED) is 0.746. The van der Waals surface area contributed by atoms with E-state index in [0.717, 1.165) is 0 Å². The van der Waals surface area contributed by atoms with E-state index in [4.69, 9.17) is 5.11 Å². The molecule has 3 N–H and O–H groups in total. The fourth-order valence-corrected chi connectivity index (χ4v) is 1.91. The average molecular weight is 292 g/mol. The molecular formula is C15H20N2O4. The van der Waals surface area contributed by atoms with E-state index in [0.29, 0.717) is 12.1 Å². The summed E-state index contributed by atoms with van der Waals surface area (Å²) in [4.78, 5) is 34.5. The third-order valence-corrected chi connectivity index (χ3v) is 2.79. The van der Waals surface area contributed by atoms with Gasteiger partial charge < -0.3 is 15.7 Å². The lowest BCUT2D eigenvalue weighted by Gasteiger charge is -2.17. The molecule has 0 radical (unpaired) electrons. The Hall–Kier alpha value is -2.37. The van der Waals surface area contributed by atoms with Gasteiger partial charge in [0.15, 0.2) is 0 Å². The first-order valence-corrected chi connectivity index (χ1v) is 6.71. The van der Waals surface area contributed by atoms with E-state index in [1.54, 1.807) is 18.2 Å². The Morgan fingerprint density at radius 1 is 1.19 bits per heavy atom. The number of carboxylic acids is 1. The van der Waals surface area contributed by atoms with E-state index >= 15 is 0 Å². The summed E-state index contributed by atoms with van der Waals surface area (Å²) >= 11 is 0. The Bertz CT molecular complexity index is 540. The molecule has 0 aliphatic heterocycles. The Morgan fingerprint density at radius 3 is 2.33 bits per heavy atom. The summed E-state index contributed by atoms with van der Waals surface area (Å²) in [5.74, 6) is -1.76. The topological polar surface area (TPSA) is 95.5 Å². The van der Waals surface area contributed by atoms with Crippen molar-refractivity contribution in [3.8, 4) is 0 Å². The summed E-state index contributed by atoms with van der Waals surface area (Å²) in [6.07, 6.45) is 0.337. The number of carboxylic acid groups (broad SMARTS) is 1. The van der Waals surface area contributed by atoms with Crippen LogP contribution >= 0.6 is 0 Å². The summed E-state index contributed by atoms with van der Waals surface area (Å²) in [5, 5.41) is 14.2. The van der Waals surface area contributed by atoms with Gasteiger partial charge in [-0.15, -0.1) is 0 Å². The van der Waals surface area contributed by atoms with Gasteiger partial charge in [-0.1, -0.05) is 26.0 Å². The third kappa shape index (κ3) is 5.25. The molecule has 0 aliphatic rings. The molecular weight excluding hydrogens is 272 g/mol. The van der Waals surface area contributed by atoms with Crippen LogP contribution in [0, 0.1) is 5.92 Å². The summed E-state index contributed by atoms with van der Waals surface area (Å²) in [5.41, 5.74) is 0.596. The Morgan fingerprint density at radius 2 is 1.81 bits per heavy atom. The average Bonchev–Trinajstić information content (AvgIpc) is 2.37. The van der Waals surface area contributed by atoms with Crippen molar-refractivity contribution in [2.75, 3.05) is 5.32 Å². The number of amides is 2. The van der Waals surface area contributed by atoms with Crippen molar-refractivity contribution in [2.45, 2.75) is 33.2 Å². The van der Waals surface area contributed by atoms with Crippen molar-refractivity contribution in [2.24, 2.45) is 5.92 Å². The number of hydrogen-bond donors (Lipinski definition) is 3. The number of aliphatic carboxylic acids is 1. The minimum absolute atomic E-state index is 0.136.